The minimum atomic E-state index is -4.39. The van der Waals surface area contributed by atoms with Gasteiger partial charge < -0.3 is 5.11 Å². The Balaban J connectivity index is 1.85. The quantitative estimate of drug-likeness (QED) is 0.397. The molecule has 29 heavy (non-hydrogen) atoms. The van der Waals surface area contributed by atoms with E-state index in [4.69, 9.17) is 0 Å². The van der Waals surface area contributed by atoms with E-state index in [0.29, 0.717) is 21.1 Å². The van der Waals surface area contributed by atoms with Crippen molar-refractivity contribution in [2.45, 2.75) is 26.9 Å². The molecule has 3 nitrogen and oxygen atoms in total. The van der Waals surface area contributed by atoms with Gasteiger partial charge in [0.25, 0.3) is 0 Å². The normalized spacial score (nSPS) is 11.9. The molecule has 0 atom stereocenters. The van der Waals surface area contributed by atoms with E-state index in [1.807, 2.05) is 6.92 Å². The Morgan fingerprint density at radius 2 is 1.69 bits per heavy atom. The smallest absolute Gasteiger partial charge is 0.416 e. The number of hydrogen-bond acceptors (Lipinski definition) is 4. The lowest BCUT2D eigenvalue weighted by Gasteiger charge is -2.06. The van der Waals surface area contributed by atoms with Crippen molar-refractivity contribution in [2.24, 2.45) is 0 Å². The number of aryl methyl sites for hydroxylation is 1. The average Bonchev–Trinajstić information content (AvgIpc) is 3.06. The highest BCUT2D eigenvalue weighted by atomic mass is 32.1. The van der Waals surface area contributed by atoms with Crippen LogP contribution in [0.4, 0.5) is 13.2 Å². The summed E-state index contributed by atoms with van der Waals surface area (Å²) in [4.78, 5) is 17.4. The number of aromatic hydroxyl groups is 1. The van der Waals surface area contributed by atoms with Crippen molar-refractivity contribution in [3.05, 3.63) is 75.3 Å². The number of halogens is 3. The highest BCUT2D eigenvalue weighted by Crippen LogP contribution is 2.33. The Bertz CT molecular complexity index is 1100. The molecule has 7 heteroatoms. The summed E-state index contributed by atoms with van der Waals surface area (Å²) in [5.74, 6) is -0.0336. The molecule has 3 rings (SSSR count). The monoisotopic (exact) mass is 417 g/mol. The maximum atomic E-state index is 12.7. The predicted octanol–water partition coefficient (Wildman–Crippen LogP) is 6.36. The minimum absolute atomic E-state index is 0.200. The number of allylic oxidation sites excluding steroid dienone is 1. The molecule has 1 heterocycles. The first-order valence-electron chi connectivity index (χ1n) is 8.74. The van der Waals surface area contributed by atoms with E-state index < -0.39 is 11.7 Å². The van der Waals surface area contributed by atoms with E-state index in [2.05, 4.69) is 4.98 Å². The van der Waals surface area contributed by atoms with Crippen LogP contribution in [0.2, 0.25) is 0 Å². The van der Waals surface area contributed by atoms with Gasteiger partial charge >= 0.3 is 6.18 Å². The second-order valence-electron chi connectivity index (χ2n) is 6.63. The third-order valence-electron chi connectivity index (χ3n) is 4.69. The van der Waals surface area contributed by atoms with Crippen molar-refractivity contribution in [1.29, 1.82) is 0 Å². The summed E-state index contributed by atoms with van der Waals surface area (Å²) >= 11 is 1.15. The van der Waals surface area contributed by atoms with Gasteiger partial charge in [-0.1, -0.05) is 24.3 Å². The van der Waals surface area contributed by atoms with E-state index in [9.17, 15) is 23.1 Å². The van der Waals surface area contributed by atoms with Crippen LogP contribution >= 0.6 is 11.3 Å². The van der Waals surface area contributed by atoms with Crippen LogP contribution in [0.15, 0.2) is 42.5 Å². The Morgan fingerprint density at radius 1 is 1.03 bits per heavy atom. The summed E-state index contributed by atoms with van der Waals surface area (Å²) in [5.41, 5.74) is 2.77. The Hall–Kier alpha value is -2.93. The predicted molar refractivity (Wildman–Crippen MR) is 108 cm³/mol. The number of thiazole rings is 1. The van der Waals surface area contributed by atoms with Crippen molar-refractivity contribution >= 4 is 23.2 Å². The molecule has 0 fully saturated rings. The van der Waals surface area contributed by atoms with Gasteiger partial charge in [0.1, 0.15) is 10.8 Å². The van der Waals surface area contributed by atoms with Crippen LogP contribution in [0.3, 0.4) is 0 Å². The van der Waals surface area contributed by atoms with Crippen LogP contribution in [0.5, 0.6) is 5.75 Å². The zero-order valence-electron chi connectivity index (χ0n) is 16.0. The van der Waals surface area contributed by atoms with Crippen LogP contribution < -0.4 is 0 Å². The van der Waals surface area contributed by atoms with Gasteiger partial charge in [-0.25, -0.2) is 4.98 Å². The second kappa shape index (κ2) is 7.83. The summed E-state index contributed by atoms with van der Waals surface area (Å²) in [6.07, 6.45) is -1.27. The Labute approximate surface area is 170 Å². The number of carbonyl (C=O) groups is 1. The van der Waals surface area contributed by atoms with E-state index >= 15 is 0 Å². The molecular formula is C22H18F3NO2S. The standard InChI is InChI=1S/C22H18F3NO2S/c1-12-13(2)18(27)10-6-15(12)7-11-19(28)20-14(3)26-21(29-20)16-4-8-17(9-5-16)22(23,24)25/h4-11,27H,1-3H3. The first kappa shape index (κ1) is 20.8. The zero-order valence-corrected chi connectivity index (χ0v) is 16.8. The molecule has 0 saturated carbocycles. The fourth-order valence-corrected chi connectivity index (χ4v) is 3.79. The molecule has 0 bridgehead atoms. The molecule has 0 spiro atoms. The van der Waals surface area contributed by atoms with E-state index in [0.717, 1.165) is 40.2 Å². The number of carbonyl (C=O) groups excluding carboxylic acids is 1. The molecular weight excluding hydrogens is 399 g/mol. The summed E-state index contributed by atoms with van der Waals surface area (Å²) in [6, 6.07) is 8.02. The molecule has 0 saturated heterocycles. The molecule has 3 aromatic rings. The van der Waals surface area contributed by atoms with Gasteiger partial charge in [-0.2, -0.15) is 13.2 Å². The largest absolute Gasteiger partial charge is 0.508 e. The molecule has 0 radical (unpaired) electrons. The maximum Gasteiger partial charge on any atom is 0.416 e. The third kappa shape index (κ3) is 4.40. The van der Waals surface area contributed by atoms with Crippen molar-refractivity contribution in [3.8, 4) is 16.3 Å². The molecule has 0 unspecified atom stereocenters. The number of phenolic OH excluding ortho intramolecular Hbond substituents is 1. The summed E-state index contributed by atoms with van der Waals surface area (Å²) in [6.45, 7) is 5.36. The first-order chi connectivity index (χ1) is 13.6. The first-order valence-corrected chi connectivity index (χ1v) is 9.56. The molecule has 1 N–H and O–H groups in total. The van der Waals surface area contributed by atoms with Crippen molar-refractivity contribution < 1.29 is 23.1 Å². The fraction of sp³-hybridized carbons (Fsp3) is 0.182. The van der Waals surface area contributed by atoms with Gasteiger partial charge in [-0.3, -0.25) is 4.79 Å². The Morgan fingerprint density at radius 3 is 2.31 bits per heavy atom. The van der Waals surface area contributed by atoms with Gasteiger partial charge in [-0.05, 0) is 61.7 Å². The molecule has 0 aliphatic carbocycles. The lowest BCUT2D eigenvalue weighted by molar-refractivity contribution is -0.137. The lowest BCUT2D eigenvalue weighted by atomic mass is 10.0. The van der Waals surface area contributed by atoms with E-state index in [1.165, 1.54) is 18.2 Å². The van der Waals surface area contributed by atoms with Gasteiger partial charge in [0.15, 0.2) is 5.78 Å². The summed E-state index contributed by atoms with van der Waals surface area (Å²) in [7, 11) is 0. The second-order valence-corrected chi connectivity index (χ2v) is 7.63. The number of hydrogen-bond donors (Lipinski definition) is 1. The van der Waals surface area contributed by atoms with Gasteiger partial charge in [-0.15, -0.1) is 11.3 Å². The number of alkyl halides is 3. The highest BCUT2D eigenvalue weighted by Gasteiger charge is 2.30. The van der Waals surface area contributed by atoms with Crippen LogP contribution in [-0.2, 0) is 6.18 Å². The number of rotatable bonds is 4. The molecule has 1 aromatic heterocycles. The zero-order chi connectivity index (χ0) is 21.3. The van der Waals surface area contributed by atoms with Gasteiger partial charge in [0, 0.05) is 5.56 Å². The van der Waals surface area contributed by atoms with Crippen LogP contribution in [0, 0.1) is 20.8 Å². The maximum absolute atomic E-state index is 12.7. The third-order valence-corrected chi connectivity index (χ3v) is 5.92. The molecule has 0 aliphatic rings. The number of benzene rings is 2. The lowest BCUT2D eigenvalue weighted by Crippen LogP contribution is -2.03. The number of nitrogens with zero attached hydrogens (tertiary/aromatic N) is 1. The number of ketones is 1. The number of phenols is 1. The number of aromatic nitrogens is 1. The SMILES string of the molecule is Cc1nc(-c2ccc(C(F)(F)F)cc2)sc1C(=O)C=Cc1ccc(O)c(C)c1C. The van der Waals surface area contributed by atoms with Crippen molar-refractivity contribution in [3.63, 3.8) is 0 Å². The van der Waals surface area contributed by atoms with E-state index in [1.54, 1.807) is 32.1 Å². The van der Waals surface area contributed by atoms with Gasteiger partial charge in [0.05, 0.1) is 16.1 Å². The average molecular weight is 417 g/mol. The van der Waals surface area contributed by atoms with Crippen molar-refractivity contribution in [2.75, 3.05) is 0 Å². The summed E-state index contributed by atoms with van der Waals surface area (Å²) < 4.78 is 38.2. The highest BCUT2D eigenvalue weighted by molar-refractivity contribution is 7.17. The minimum Gasteiger partial charge on any atom is -0.508 e. The van der Waals surface area contributed by atoms with Crippen molar-refractivity contribution in [1.82, 2.24) is 4.98 Å². The van der Waals surface area contributed by atoms with Crippen LogP contribution in [0.1, 0.15) is 37.6 Å². The molecule has 150 valence electrons. The van der Waals surface area contributed by atoms with Crippen LogP contribution in [0.25, 0.3) is 16.6 Å². The topological polar surface area (TPSA) is 50.2 Å². The van der Waals surface area contributed by atoms with E-state index in [-0.39, 0.29) is 11.5 Å². The summed E-state index contributed by atoms with van der Waals surface area (Å²) in [5, 5.41) is 10.2. The molecule has 2 aromatic carbocycles. The van der Waals surface area contributed by atoms with Gasteiger partial charge in [0.2, 0.25) is 0 Å². The molecule has 0 amide bonds. The molecule has 0 aliphatic heterocycles. The Kier molecular flexibility index (Phi) is 5.61. The van der Waals surface area contributed by atoms with Crippen LogP contribution in [-0.4, -0.2) is 15.9 Å². The fourth-order valence-electron chi connectivity index (χ4n) is 2.80.